The Morgan fingerprint density at radius 2 is 2.24 bits per heavy atom. The number of fused-ring (bicyclic) bond motifs is 1. The molecular formula is C16H24N4O. The Morgan fingerprint density at radius 1 is 1.43 bits per heavy atom. The van der Waals surface area contributed by atoms with E-state index in [2.05, 4.69) is 30.0 Å². The van der Waals surface area contributed by atoms with Gasteiger partial charge in [0.2, 0.25) is 0 Å². The lowest BCUT2D eigenvalue weighted by atomic mass is 10.0. The molecule has 0 spiro atoms. The number of oxime groups is 1. The minimum absolute atomic E-state index is 0.168. The van der Waals surface area contributed by atoms with Crippen LogP contribution in [0.2, 0.25) is 0 Å². The largest absolute Gasteiger partial charge is 0.409 e. The minimum Gasteiger partial charge on any atom is -0.409 e. The number of hydrogen-bond donors (Lipinski definition) is 2. The number of hydrogen-bond acceptors (Lipinski definition) is 4. The fraction of sp³-hybridized carbons (Fsp3) is 0.625. The molecule has 1 unspecified atom stereocenters. The molecule has 1 aromatic heterocycles. The molecule has 3 rings (SSSR count). The van der Waals surface area contributed by atoms with Crippen LogP contribution in [-0.4, -0.2) is 28.6 Å². The van der Waals surface area contributed by atoms with Crippen LogP contribution in [0.15, 0.2) is 11.2 Å². The molecule has 0 radical (unpaired) electrons. The molecular weight excluding hydrogens is 264 g/mol. The summed E-state index contributed by atoms with van der Waals surface area (Å²) in [5.41, 5.74) is 9.13. The third-order valence-corrected chi connectivity index (χ3v) is 4.76. The molecule has 21 heavy (non-hydrogen) atoms. The highest BCUT2D eigenvalue weighted by atomic mass is 16.4. The Balaban J connectivity index is 2.08. The summed E-state index contributed by atoms with van der Waals surface area (Å²) >= 11 is 0. The van der Waals surface area contributed by atoms with Crippen molar-refractivity contribution in [2.75, 3.05) is 11.4 Å². The van der Waals surface area contributed by atoms with Crippen molar-refractivity contribution in [2.45, 2.75) is 52.0 Å². The standard InChI is InChI=1S/C16H24N4O/c1-10(2)14-7-4-8-20(14)16-12(15(17)19-21)9-11-5-3-6-13(11)18-16/h9-10,14,21H,3-8H2,1-2H3,(H2,17,19). The number of amidine groups is 1. The van der Waals surface area contributed by atoms with Crippen LogP contribution >= 0.6 is 0 Å². The third kappa shape index (κ3) is 2.45. The maximum atomic E-state index is 9.10. The number of aryl methyl sites for hydroxylation is 2. The van der Waals surface area contributed by atoms with E-state index >= 15 is 0 Å². The second-order valence-electron chi connectivity index (χ2n) is 6.45. The number of rotatable bonds is 3. The minimum atomic E-state index is 0.168. The van der Waals surface area contributed by atoms with Crippen molar-refractivity contribution in [3.8, 4) is 0 Å². The van der Waals surface area contributed by atoms with Crippen LogP contribution in [0.3, 0.4) is 0 Å². The van der Waals surface area contributed by atoms with E-state index in [-0.39, 0.29) is 5.84 Å². The van der Waals surface area contributed by atoms with Gasteiger partial charge < -0.3 is 15.8 Å². The molecule has 2 heterocycles. The summed E-state index contributed by atoms with van der Waals surface area (Å²) in [6.45, 7) is 5.50. The molecule has 1 aliphatic heterocycles. The molecule has 3 N–H and O–H groups in total. The van der Waals surface area contributed by atoms with Crippen LogP contribution in [0.25, 0.3) is 0 Å². The highest BCUT2D eigenvalue weighted by Gasteiger charge is 2.31. The first kappa shape index (κ1) is 14.2. The van der Waals surface area contributed by atoms with Crippen LogP contribution in [-0.2, 0) is 12.8 Å². The van der Waals surface area contributed by atoms with Gasteiger partial charge in [0.25, 0.3) is 0 Å². The van der Waals surface area contributed by atoms with Gasteiger partial charge in [-0.15, -0.1) is 0 Å². The molecule has 5 nitrogen and oxygen atoms in total. The lowest BCUT2D eigenvalue weighted by Gasteiger charge is -2.30. The van der Waals surface area contributed by atoms with Crippen LogP contribution in [0, 0.1) is 5.92 Å². The van der Waals surface area contributed by atoms with Crippen molar-refractivity contribution >= 4 is 11.7 Å². The molecule has 0 amide bonds. The van der Waals surface area contributed by atoms with E-state index in [0.717, 1.165) is 37.2 Å². The molecule has 0 saturated carbocycles. The van der Waals surface area contributed by atoms with Gasteiger partial charge in [0.1, 0.15) is 5.82 Å². The van der Waals surface area contributed by atoms with Crippen molar-refractivity contribution in [2.24, 2.45) is 16.8 Å². The molecule has 1 atom stereocenters. The first-order valence-corrected chi connectivity index (χ1v) is 7.89. The van der Waals surface area contributed by atoms with Crippen LogP contribution in [0.1, 0.15) is 49.9 Å². The smallest absolute Gasteiger partial charge is 0.173 e. The lowest BCUT2D eigenvalue weighted by Crippen LogP contribution is -2.36. The van der Waals surface area contributed by atoms with Gasteiger partial charge in [-0.1, -0.05) is 19.0 Å². The second-order valence-corrected chi connectivity index (χ2v) is 6.45. The topological polar surface area (TPSA) is 74.7 Å². The fourth-order valence-electron chi connectivity index (χ4n) is 3.67. The first-order chi connectivity index (χ1) is 10.1. The molecule has 2 aliphatic rings. The highest BCUT2D eigenvalue weighted by molar-refractivity contribution is 6.01. The Labute approximate surface area is 125 Å². The quantitative estimate of drug-likeness (QED) is 0.387. The zero-order valence-electron chi connectivity index (χ0n) is 12.8. The van der Waals surface area contributed by atoms with Crippen molar-refractivity contribution in [1.29, 1.82) is 0 Å². The van der Waals surface area contributed by atoms with Crippen LogP contribution < -0.4 is 10.6 Å². The van der Waals surface area contributed by atoms with E-state index in [4.69, 9.17) is 15.9 Å². The lowest BCUT2D eigenvalue weighted by molar-refractivity contribution is 0.318. The molecule has 1 fully saturated rings. The van der Waals surface area contributed by atoms with Gasteiger partial charge >= 0.3 is 0 Å². The molecule has 1 aromatic rings. The second kappa shape index (κ2) is 5.54. The van der Waals surface area contributed by atoms with Crippen molar-refractivity contribution < 1.29 is 5.21 Å². The van der Waals surface area contributed by atoms with Crippen molar-refractivity contribution in [3.63, 3.8) is 0 Å². The molecule has 114 valence electrons. The molecule has 1 saturated heterocycles. The average molecular weight is 288 g/mol. The first-order valence-electron chi connectivity index (χ1n) is 7.89. The maximum absolute atomic E-state index is 9.10. The molecule has 1 aliphatic carbocycles. The van der Waals surface area contributed by atoms with Crippen molar-refractivity contribution in [3.05, 3.63) is 22.9 Å². The predicted molar refractivity (Wildman–Crippen MR) is 84.0 cm³/mol. The molecule has 0 bridgehead atoms. The summed E-state index contributed by atoms with van der Waals surface area (Å²) in [5, 5.41) is 12.3. The van der Waals surface area contributed by atoms with E-state index in [0.29, 0.717) is 12.0 Å². The van der Waals surface area contributed by atoms with Gasteiger partial charge in [-0.2, -0.15) is 0 Å². The van der Waals surface area contributed by atoms with Gasteiger partial charge in [0, 0.05) is 18.3 Å². The number of anilines is 1. The van der Waals surface area contributed by atoms with Gasteiger partial charge in [-0.3, -0.25) is 0 Å². The Morgan fingerprint density at radius 3 is 2.95 bits per heavy atom. The molecule has 5 heteroatoms. The summed E-state index contributed by atoms with van der Waals surface area (Å²) in [5.74, 6) is 1.64. The Kier molecular flexibility index (Phi) is 3.74. The summed E-state index contributed by atoms with van der Waals surface area (Å²) < 4.78 is 0. The average Bonchev–Trinajstić information content (AvgIpc) is 3.12. The summed E-state index contributed by atoms with van der Waals surface area (Å²) in [6.07, 6.45) is 5.60. The fourth-order valence-corrected chi connectivity index (χ4v) is 3.67. The zero-order chi connectivity index (χ0) is 15.0. The van der Waals surface area contributed by atoms with Gasteiger partial charge in [0.15, 0.2) is 5.84 Å². The van der Waals surface area contributed by atoms with E-state index in [1.165, 1.54) is 24.1 Å². The number of aromatic nitrogens is 1. The molecule has 0 aromatic carbocycles. The van der Waals surface area contributed by atoms with Crippen LogP contribution in [0.4, 0.5) is 5.82 Å². The summed E-state index contributed by atoms with van der Waals surface area (Å²) in [7, 11) is 0. The number of nitrogens with two attached hydrogens (primary N) is 1. The zero-order valence-corrected chi connectivity index (χ0v) is 12.8. The normalized spacial score (nSPS) is 22.1. The third-order valence-electron chi connectivity index (χ3n) is 4.76. The van der Waals surface area contributed by atoms with E-state index < -0.39 is 0 Å². The summed E-state index contributed by atoms with van der Waals surface area (Å²) in [6, 6.07) is 2.57. The van der Waals surface area contributed by atoms with Crippen molar-refractivity contribution in [1.82, 2.24) is 4.98 Å². The van der Waals surface area contributed by atoms with E-state index in [9.17, 15) is 0 Å². The maximum Gasteiger partial charge on any atom is 0.173 e. The highest BCUT2D eigenvalue weighted by Crippen LogP contribution is 2.33. The van der Waals surface area contributed by atoms with Gasteiger partial charge in [-0.25, -0.2) is 4.98 Å². The number of pyridine rings is 1. The SMILES string of the molecule is CC(C)C1CCCN1c1nc2c(cc1C(N)=NO)CCC2. The Bertz CT molecular complexity index is 568. The summed E-state index contributed by atoms with van der Waals surface area (Å²) in [4.78, 5) is 7.25. The predicted octanol–water partition coefficient (Wildman–Crippen LogP) is 2.29. The van der Waals surface area contributed by atoms with E-state index in [1.807, 2.05) is 0 Å². The van der Waals surface area contributed by atoms with Gasteiger partial charge in [-0.05, 0) is 49.7 Å². The van der Waals surface area contributed by atoms with E-state index in [1.54, 1.807) is 0 Å². The Hall–Kier alpha value is -1.78. The van der Waals surface area contributed by atoms with Gasteiger partial charge in [0.05, 0.1) is 5.56 Å². The van der Waals surface area contributed by atoms with Crippen LogP contribution in [0.5, 0.6) is 0 Å². The number of nitrogens with zero attached hydrogens (tertiary/aromatic N) is 3. The monoisotopic (exact) mass is 288 g/mol.